The first kappa shape index (κ1) is 10.2. The third-order valence-corrected chi connectivity index (χ3v) is 2.59. The SMILES string of the molecule is CCNc1nc(C2CC2)nc(NN)c1C. The zero-order valence-electron chi connectivity index (χ0n) is 9.17. The fourth-order valence-corrected chi connectivity index (χ4v) is 1.54. The van der Waals surface area contributed by atoms with E-state index in [1.807, 2.05) is 13.8 Å². The van der Waals surface area contributed by atoms with Gasteiger partial charge in [0.1, 0.15) is 17.5 Å². The van der Waals surface area contributed by atoms with Crippen molar-refractivity contribution in [2.24, 2.45) is 5.84 Å². The molecule has 0 spiro atoms. The minimum Gasteiger partial charge on any atom is -0.370 e. The first-order chi connectivity index (χ1) is 7.26. The molecule has 5 heteroatoms. The first-order valence-electron chi connectivity index (χ1n) is 5.35. The van der Waals surface area contributed by atoms with Gasteiger partial charge in [-0.25, -0.2) is 15.8 Å². The highest BCUT2D eigenvalue weighted by Crippen LogP contribution is 2.39. The summed E-state index contributed by atoms with van der Waals surface area (Å²) in [4.78, 5) is 8.92. The summed E-state index contributed by atoms with van der Waals surface area (Å²) < 4.78 is 0. The molecule has 0 aliphatic heterocycles. The largest absolute Gasteiger partial charge is 0.370 e. The van der Waals surface area contributed by atoms with E-state index in [2.05, 4.69) is 20.7 Å². The van der Waals surface area contributed by atoms with E-state index in [1.165, 1.54) is 12.8 Å². The number of hydrazine groups is 1. The molecule has 1 aliphatic rings. The highest BCUT2D eigenvalue weighted by atomic mass is 15.3. The van der Waals surface area contributed by atoms with Gasteiger partial charge in [0.05, 0.1) is 0 Å². The zero-order valence-corrected chi connectivity index (χ0v) is 9.17. The Bertz CT molecular complexity index is 359. The van der Waals surface area contributed by atoms with E-state index >= 15 is 0 Å². The number of rotatable bonds is 4. The number of hydrogen-bond acceptors (Lipinski definition) is 5. The molecule has 82 valence electrons. The zero-order chi connectivity index (χ0) is 10.8. The minimum absolute atomic E-state index is 0.537. The molecule has 2 rings (SSSR count). The van der Waals surface area contributed by atoms with Crippen LogP contribution < -0.4 is 16.6 Å². The van der Waals surface area contributed by atoms with Gasteiger partial charge in [-0.3, -0.25) is 0 Å². The quantitative estimate of drug-likeness (QED) is 0.513. The van der Waals surface area contributed by atoms with Gasteiger partial charge in [-0.15, -0.1) is 0 Å². The van der Waals surface area contributed by atoms with Crippen LogP contribution in [0.25, 0.3) is 0 Å². The summed E-state index contributed by atoms with van der Waals surface area (Å²) >= 11 is 0. The Morgan fingerprint density at radius 1 is 1.33 bits per heavy atom. The number of aromatic nitrogens is 2. The van der Waals surface area contributed by atoms with Gasteiger partial charge >= 0.3 is 0 Å². The summed E-state index contributed by atoms with van der Waals surface area (Å²) in [5.74, 6) is 8.50. The predicted molar refractivity (Wildman–Crippen MR) is 60.7 cm³/mol. The van der Waals surface area contributed by atoms with Crippen LogP contribution in [0.2, 0.25) is 0 Å². The molecule has 15 heavy (non-hydrogen) atoms. The van der Waals surface area contributed by atoms with Gasteiger partial charge in [-0.05, 0) is 26.7 Å². The maximum Gasteiger partial charge on any atom is 0.148 e. The highest BCUT2D eigenvalue weighted by Gasteiger charge is 2.28. The van der Waals surface area contributed by atoms with Crippen LogP contribution in [0.3, 0.4) is 0 Å². The van der Waals surface area contributed by atoms with Crippen LogP contribution in [0.4, 0.5) is 11.6 Å². The molecule has 1 aromatic heterocycles. The summed E-state index contributed by atoms with van der Waals surface area (Å²) in [5, 5.41) is 3.23. The van der Waals surface area contributed by atoms with Gasteiger partial charge in [0.2, 0.25) is 0 Å². The van der Waals surface area contributed by atoms with E-state index in [0.717, 1.165) is 29.6 Å². The molecule has 1 aliphatic carbocycles. The van der Waals surface area contributed by atoms with Gasteiger partial charge < -0.3 is 10.7 Å². The van der Waals surface area contributed by atoms with Crippen LogP contribution in [-0.2, 0) is 0 Å². The van der Waals surface area contributed by atoms with Gasteiger partial charge in [0.15, 0.2) is 0 Å². The van der Waals surface area contributed by atoms with Crippen molar-refractivity contribution in [3.8, 4) is 0 Å². The minimum atomic E-state index is 0.537. The van der Waals surface area contributed by atoms with Crippen molar-refractivity contribution in [3.05, 3.63) is 11.4 Å². The molecule has 1 aromatic rings. The molecule has 0 bridgehead atoms. The van der Waals surface area contributed by atoms with Crippen molar-refractivity contribution in [2.45, 2.75) is 32.6 Å². The van der Waals surface area contributed by atoms with Crippen molar-refractivity contribution in [3.63, 3.8) is 0 Å². The Morgan fingerprint density at radius 2 is 2.00 bits per heavy atom. The van der Waals surface area contributed by atoms with Crippen LogP contribution in [0.1, 0.15) is 37.1 Å². The van der Waals surface area contributed by atoms with Crippen molar-refractivity contribution in [2.75, 3.05) is 17.3 Å². The molecule has 4 N–H and O–H groups in total. The van der Waals surface area contributed by atoms with Crippen LogP contribution in [-0.4, -0.2) is 16.5 Å². The molecule has 5 nitrogen and oxygen atoms in total. The standard InChI is InChI=1S/C10H17N5/c1-3-12-8-6(2)9(15-11)14-10(13-8)7-4-5-7/h7H,3-5,11H2,1-2H3,(H2,12,13,14,15). The van der Waals surface area contributed by atoms with E-state index in [9.17, 15) is 0 Å². The monoisotopic (exact) mass is 207 g/mol. The normalized spacial score (nSPS) is 15.1. The Hall–Kier alpha value is -1.36. The van der Waals surface area contributed by atoms with Crippen LogP contribution in [0.5, 0.6) is 0 Å². The lowest BCUT2D eigenvalue weighted by Crippen LogP contribution is -2.14. The lowest BCUT2D eigenvalue weighted by Gasteiger charge is -2.12. The number of anilines is 2. The third-order valence-electron chi connectivity index (χ3n) is 2.59. The Labute approximate surface area is 89.5 Å². The second-order valence-electron chi connectivity index (χ2n) is 3.85. The first-order valence-corrected chi connectivity index (χ1v) is 5.35. The molecule has 0 unspecified atom stereocenters. The number of nitrogens with zero attached hydrogens (tertiary/aromatic N) is 2. The van der Waals surface area contributed by atoms with E-state index < -0.39 is 0 Å². The fourth-order valence-electron chi connectivity index (χ4n) is 1.54. The topological polar surface area (TPSA) is 75.9 Å². The second-order valence-corrected chi connectivity index (χ2v) is 3.85. The van der Waals surface area contributed by atoms with Gasteiger partial charge in [-0.2, -0.15) is 0 Å². The van der Waals surface area contributed by atoms with Crippen LogP contribution in [0.15, 0.2) is 0 Å². The maximum absolute atomic E-state index is 5.44. The van der Waals surface area contributed by atoms with Crippen molar-refractivity contribution >= 4 is 11.6 Å². The Kier molecular flexibility index (Phi) is 2.73. The summed E-state index contributed by atoms with van der Waals surface area (Å²) in [7, 11) is 0. The van der Waals surface area contributed by atoms with Crippen LogP contribution >= 0.6 is 0 Å². The van der Waals surface area contributed by atoms with Crippen molar-refractivity contribution in [1.29, 1.82) is 0 Å². The van der Waals surface area contributed by atoms with Crippen LogP contribution in [0, 0.1) is 6.92 Å². The summed E-state index contributed by atoms with van der Waals surface area (Å²) in [6.45, 7) is 4.86. The summed E-state index contributed by atoms with van der Waals surface area (Å²) in [6, 6.07) is 0. The Balaban J connectivity index is 2.37. The maximum atomic E-state index is 5.44. The summed E-state index contributed by atoms with van der Waals surface area (Å²) in [6.07, 6.45) is 2.39. The molecule has 0 amide bonds. The molecule has 0 aromatic carbocycles. The molecular weight excluding hydrogens is 190 g/mol. The average molecular weight is 207 g/mol. The third kappa shape index (κ3) is 2.02. The van der Waals surface area contributed by atoms with Gasteiger partial charge in [0, 0.05) is 18.0 Å². The fraction of sp³-hybridized carbons (Fsp3) is 0.600. The molecule has 0 radical (unpaired) electrons. The highest BCUT2D eigenvalue weighted by molar-refractivity contribution is 5.57. The van der Waals surface area contributed by atoms with E-state index in [4.69, 9.17) is 5.84 Å². The molecular formula is C10H17N5. The van der Waals surface area contributed by atoms with Crippen molar-refractivity contribution < 1.29 is 0 Å². The van der Waals surface area contributed by atoms with E-state index in [1.54, 1.807) is 0 Å². The van der Waals surface area contributed by atoms with Gasteiger partial charge in [-0.1, -0.05) is 0 Å². The smallest absolute Gasteiger partial charge is 0.148 e. The summed E-state index contributed by atoms with van der Waals surface area (Å²) in [5.41, 5.74) is 3.60. The molecule has 1 saturated carbocycles. The van der Waals surface area contributed by atoms with Crippen molar-refractivity contribution in [1.82, 2.24) is 9.97 Å². The number of nitrogens with two attached hydrogens (primary N) is 1. The lowest BCUT2D eigenvalue weighted by atomic mass is 10.3. The van der Waals surface area contributed by atoms with Gasteiger partial charge in [0.25, 0.3) is 0 Å². The average Bonchev–Trinajstić information content (AvgIpc) is 3.05. The molecule has 0 atom stereocenters. The second kappa shape index (κ2) is 4.02. The molecule has 0 saturated heterocycles. The number of nitrogens with one attached hydrogen (secondary N) is 2. The van der Waals surface area contributed by atoms with E-state index in [0.29, 0.717) is 5.92 Å². The lowest BCUT2D eigenvalue weighted by molar-refractivity contribution is 0.913. The molecule has 1 fully saturated rings. The number of hydrogen-bond donors (Lipinski definition) is 3. The number of nitrogen functional groups attached to an aromatic ring is 1. The van der Waals surface area contributed by atoms with E-state index in [-0.39, 0.29) is 0 Å². The predicted octanol–water partition coefficient (Wildman–Crippen LogP) is 1.38. The molecule has 1 heterocycles. The Morgan fingerprint density at radius 3 is 2.53 bits per heavy atom.